The summed E-state index contributed by atoms with van der Waals surface area (Å²) in [5.41, 5.74) is 6.37. The summed E-state index contributed by atoms with van der Waals surface area (Å²) >= 11 is 1.24. The number of nitrogens with one attached hydrogen (secondary N) is 1. The van der Waals surface area contributed by atoms with Crippen molar-refractivity contribution in [3.8, 4) is 0 Å². The molecule has 0 radical (unpaired) electrons. The Morgan fingerprint density at radius 1 is 1.71 bits per heavy atom. The van der Waals surface area contributed by atoms with E-state index < -0.39 is 0 Å². The van der Waals surface area contributed by atoms with E-state index in [1.807, 2.05) is 6.92 Å². The normalized spacial score (nSPS) is 10.1. The van der Waals surface area contributed by atoms with Crippen LogP contribution >= 0.6 is 11.5 Å². The molecule has 0 aliphatic heterocycles. The van der Waals surface area contributed by atoms with Crippen molar-refractivity contribution in [2.24, 2.45) is 0 Å². The third-order valence-corrected chi connectivity index (χ3v) is 2.00. The summed E-state index contributed by atoms with van der Waals surface area (Å²) in [4.78, 5) is 3.94. The van der Waals surface area contributed by atoms with Crippen LogP contribution in [0.25, 0.3) is 0 Å². The Balaban J connectivity index is 2.07. The Bertz CT molecular complexity index is 299. The minimum Gasteiger partial charge on any atom is -0.375 e. The lowest BCUT2D eigenvalue weighted by Crippen LogP contribution is -2.10. The molecule has 0 spiro atoms. The van der Waals surface area contributed by atoms with Crippen molar-refractivity contribution < 1.29 is 4.74 Å². The Kier molecular flexibility index (Phi) is 4.34. The van der Waals surface area contributed by atoms with Gasteiger partial charge in [-0.3, -0.25) is 0 Å². The summed E-state index contributed by atoms with van der Waals surface area (Å²) in [7, 11) is 0. The summed E-state index contributed by atoms with van der Waals surface area (Å²) in [6.45, 7) is 7.57. The topological polar surface area (TPSA) is 73.1 Å². The molecule has 0 bridgehead atoms. The zero-order valence-electron chi connectivity index (χ0n) is 8.12. The van der Waals surface area contributed by atoms with E-state index in [1.54, 1.807) is 0 Å². The van der Waals surface area contributed by atoms with E-state index >= 15 is 0 Å². The molecule has 0 fully saturated rings. The summed E-state index contributed by atoms with van der Waals surface area (Å²) < 4.78 is 9.12. The first-order valence-electron chi connectivity index (χ1n) is 4.23. The second kappa shape index (κ2) is 5.56. The van der Waals surface area contributed by atoms with Crippen molar-refractivity contribution in [3.05, 3.63) is 12.2 Å². The third kappa shape index (κ3) is 4.20. The van der Waals surface area contributed by atoms with Gasteiger partial charge in [-0.2, -0.15) is 9.36 Å². The van der Waals surface area contributed by atoms with Gasteiger partial charge in [-0.15, -0.1) is 0 Å². The number of nitrogen functional groups attached to an aromatic ring is 1. The molecule has 0 amide bonds. The highest BCUT2D eigenvalue weighted by molar-refractivity contribution is 7.09. The molecule has 1 heterocycles. The monoisotopic (exact) mass is 214 g/mol. The molecule has 1 aromatic heterocycles. The van der Waals surface area contributed by atoms with E-state index in [1.165, 1.54) is 11.5 Å². The van der Waals surface area contributed by atoms with Crippen LogP contribution in [0.2, 0.25) is 0 Å². The average Bonchev–Trinajstić information content (AvgIpc) is 2.50. The molecule has 1 aromatic rings. The fraction of sp³-hybridized carbons (Fsp3) is 0.500. The van der Waals surface area contributed by atoms with Crippen LogP contribution in [0.3, 0.4) is 0 Å². The van der Waals surface area contributed by atoms with E-state index in [9.17, 15) is 0 Å². The smallest absolute Gasteiger partial charge is 0.233 e. The largest absolute Gasteiger partial charge is 0.375 e. The van der Waals surface area contributed by atoms with Gasteiger partial charge in [-0.1, -0.05) is 12.2 Å². The van der Waals surface area contributed by atoms with E-state index in [2.05, 4.69) is 21.3 Å². The molecule has 0 unspecified atom stereocenters. The predicted molar refractivity (Wildman–Crippen MR) is 58.4 cm³/mol. The van der Waals surface area contributed by atoms with Crippen LogP contribution in [-0.2, 0) is 4.74 Å². The Labute approximate surface area is 87.2 Å². The van der Waals surface area contributed by atoms with Crippen molar-refractivity contribution in [2.45, 2.75) is 6.92 Å². The Morgan fingerprint density at radius 3 is 3.07 bits per heavy atom. The number of ether oxygens (including phenoxy) is 1. The molecule has 0 saturated heterocycles. The highest BCUT2D eigenvalue weighted by Gasteiger charge is 1.98. The quantitative estimate of drug-likeness (QED) is 0.548. The van der Waals surface area contributed by atoms with Gasteiger partial charge in [0, 0.05) is 18.1 Å². The summed E-state index contributed by atoms with van der Waals surface area (Å²) in [6.07, 6.45) is 0. The number of hydrogen-bond acceptors (Lipinski definition) is 6. The molecule has 0 aromatic carbocycles. The van der Waals surface area contributed by atoms with Gasteiger partial charge in [0.15, 0.2) is 0 Å². The first kappa shape index (κ1) is 10.9. The Hall–Kier alpha value is -1.14. The van der Waals surface area contributed by atoms with E-state index in [-0.39, 0.29) is 0 Å². The van der Waals surface area contributed by atoms with Crippen molar-refractivity contribution in [2.75, 3.05) is 30.8 Å². The number of anilines is 2. The van der Waals surface area contributed by atoms with Gasteiger partial charge < -0.3 is 15.8 Å². The number of rotatable bonds is 6. The summed E-state index contributed by atoms with van der Waals surface area (Å²) in [5, 5.41) is 3.77. The van der Waals surface area contributed by atoms with Crippen molar-refractivity contribution in [3.63, 3.8) is 0 Å². The molecule has 0 aliphatic rings. The van der Waals surface area contributed by atoms with E-state index in [0.29, 0.717) is 25.7 Å². The molecule has 0 atom stereocenters. The lowest BCUT2D eigenvalue weighted by molar-refractivity contribution is 0.167. The van der Waals surface area contributed by atoms with Gasteiger partial charge in [0.05, 0.1) is 13.2 Å². The maximum Gasteiger partial charge on any atom is 0.233 e. The number of hydrogen-bond donors (Lipinski definition) is 2. The highest BCUT2D eigenvalue weighted by Crippen LogP contribution is 2.10. The first-order valence-corrected chi connectivity index (χ1v) is 5.01. The van der Waals surface area contributed by atoms with Gasteiger partial charge >= 0.3 is 0 Å². The van der Waals surface area contributed by atoms with Crippen molar-refractivity contribution >= 4 is 22.6 Å². The van der Waals surface area contributed by atoms with Crippen LogP contribution in [0.4, 0.5) is 11.1 Å². The highest BCUT2D eigenvalue weighted by atomic mass is 32.1. The van der Waals surface area contributed by atoms with Gasteiger partial charge in [-0.25, -0.2) is 0 Å². The predicted octanol–water partition coefficient (Wildman–Crippen LogP) is 1.12. The SMILES string of the molecule is C=C(C)COCCNc1nc(N)ns1. The molecular formula is C8H14N4OS. The van der Waals surface area contributed by atoms with Gasteiger partial charge in [0.1, 0.15) is 0 Å². The van der Waals surface area contributed by atoms with Crippen LogP contribution in [0.1, 0.15) is 6.92 Å². The summed E-state index contributed by atoms with van der Waals surface area (Å²) in [6, 6.07) is 0. The lowest BCUT2D eigenvalue weighted by atomic mass is 10.4. The van der Waals surface area contributed by atoms with Crippen LogP contribution in [0, 0.1) is 0 Å². The molecular weight excluding hydrogens is 200 g/mol. The molecule has 14 heavy (non-hydrogen) atoms. The summed E-state index contributed by atoms with van der Waals surface area (Å²) in [5.74, 6) is 0.306. The molecule has 0 saturated carbocycles. The van der Waals surface area contributed by atoms with Crippen LogP contribution in [-0.4, -0.2) is 29.1 Å². The fourth-order valence-corrected chi connectivity index (χ4v) is 1.30. The second-order valence-corrected chi connectivity index (χ2v) is 3.65. The molecule has 6 heteroatoms. The molecule has 3 N–H and O–H groups in total. The van der Waals surface area contributed by atoms with Gasteiger partial charge in [0.25, 0.3) is 0 Å². The minimum absolute atomic E-state index is 0.306. The molecule has 0 aliphatic carbocycles. The van der Waals surface area contributed by atoms with Crippen LogP contribution < -0.4 is 11.1 Å². The van der Waals surface area contributed by atoms with Crippen molar-refractivity contribution in [1.29, 1.82) is 0 Å². The Morgan fingerprint density at radius 2 is 2.50 bits per heavy atom. The standard InChI is InChI=1S/C8H14N4OS/c1-6(2)5-13-4-3-10-8-11-7(9)12-14-8/h1,3-5H2,2H3,(H3,9,10,11,12). The van der Waals surface area contributed by atoms with Gasteiger partial charge in [-0.05, 0) is 6.92 Å². The average molecular weight is 214 g/mol. The zero-order valence-corrected chi connectivity index (χ0v) is 8.93. The van der Waals surface area contributed by atoms with Crippen LogP contribution in [0.5, 0.6) is 0 Å². The maximum atomic E-state index is 5.35. The van der Waals surface area contributed by atoms with Gasteiger partial charge in [0.2, 0.25) is 11.1 Å². The first-order chi connectivity index (χ1) is 6.68. The minimum atomic E-state index is 0.306. The van der Waals surface area contributed by atoms with E-state index in [4.69, 9.17) is 10.5 Å². The molecule has 1 rings (SSSR count). The molecule has 5 nitrogen and oxygen atoms in total. The molecule has 78 valence electrons. The maximum absolute atomic E-state index is 5.35. The van der Waals surface area contributed by atoms with E-state index in [0.717, 1.165) is 10.7 Å². The second-order valence-electron chi connectivity index (χ2n) is 2.89. The number of nitrogens with zero attached hydrogens (tertiary/aromatic N) is 2. The van der Waals surface area contributed by atoms with Crippen LogP contribution in [0.15, 0.2) is 12.2 Å². The zero-order chi connectivity index (χ0) is 10.4. The number of aromatic nitrogens is 2. The number of nitrogens with two attached hydrogens (primary N) is 1. The lowest BCUT2D eigenvalue weighted by Gasteiger charge is -2.03. The third-order valence-electron chi connectivity index (χ3n) is 1.31. The van der Waals surface area contributed by atoms with Crippen molar-refractivity contribution in [1.82, 2.24) is 9.36 Å². The fourth-order valence-electron chi connectivity index (χ4n) is 0.783.